The number of aromatic nitrogens is 3. The number of pyridine rings is 2. The van der Waals surface area contributed by atoms with Gasteiger partial charge in [0.05, 0.1) is 31.2 Å². The molecule has 29 heavy (non-hydrogen) atoms. The summed E-state index contributed by atoms with van der Waals surface area (Å²) in [5, 5.41) is 0. The van der Waals surface area contributed by atoms with Gasteiger partial charge in [-0.2, -0.15) is 4.98 Å². The van der Waals surface area contributed by atoms with E-state index in [0.717, 1.165) is 47.0 Å². The second-order valence-electron chi connectivity index (χ2n) is 6.88. The van der Waals surface area contributed by atoms with Crippen LogP contribution in [0, 0.1) is 0 Å². The zero-order valence-corrected chi connectivity index (χ0v) is 16.0. The Morgan fingerprint density at radius 1 is 1.10 bits per heavy atom. The number of benzene rings is 1. The molecule has 0 amide bonds. The molecule has 3 aromatic heterocycles. The van der Waals surface area contributed by atoms with Gasteiger partial charge in [-0.1, -0.05) is 6.07 Å². The lowest BCUT2D eigenvalue weighted by Crippen LogP contribution is -2.31. The highest BCUT2D eigenvalue weighted by atomic mass is 16.5. The number of nitrogens with zero attached hydrogens (tertiary/aromatic N) is 4. The fraction of sp³-hybridized carbons (Fsp3) is 0.227. The van der Waals surface area contributed by atoms with Gasteiger partial charge in [-0.15, -0.1) is 0 Å². The lowest BCUT2D eigenvalue weighted by atomic mass is 10.1. The highest BCUT2D eigenvalue weighted by Gasteiger charge is 2.21. The summed E-state index contributed by atoms with van der Waals surface area (Å²) in [5.41, 5.74) is 4.71. The van der Waals surface area contributed by atoms with Gasteiger partial charge < -0.3 is 18.8 Å². The Kier molecular flexibility index (Phi) is 4.48. The van der Waals surface area contributed by atoms with Crippen LogP contribution in [0.3, 0.4) is 0 Å². The van der Waals surface area contributed by atoms with Crippen LogP contribution in [0.15, 0.2) is 59.3 Å². The molecule has 0 unspecified atom stereocenters. The summed E-state index contributed by atoms with van der Waals surface area (Å²) in [7, 11) is 1.62. The van der Waals surface area contributed by atoms with Gasteiger partial charge in [-0.05, 0) is 42.3 Å². The Bertz CT molecular complexity index is 1140. The van der Waals surface area contributed by atoms with Crippen LogP contribution in [0.25, 0.3) is 11.1 Å². The molecule has 7 nitrogen and oxygen atoms in total. The summed E-state index contributed by atoms with van der Waals surface area (Å²) >= 11 is 0. The zero-order valence-electron chi connectivity index (χ0n) is 16.0. The van der Waals surface area contributed by atoms with Gasteiger partial charge in [-0.3, -0.25) is 9.97 Å². The lowest BCUT2D eigenvalue weighted by Gasteiger charge is -2.26. The third-order valence-corrected chi connectivity index (χ3v) is 5.01. The molecule has 0 saturated heterocycles. The van der Waals surface area contributed by atoms with Gasteiger partial charge >= 0.3 is 0 Å². The predicted molar refractivity (Wildman–Crippen MR) is 108 cm³/mol. The van der Waals surface area contributed by atoms with E-state index >= 15 is 0 Å². The van der Waals surface area contributed by atoms with E-state index in [4.69, 9.17) is 13.9 Å². The van der Waals surface area contributed by atoms with Crippen LogP contribution in [0.2, 0.25) is 0 Å². The van der Waals surface area contributed by atoms with Crippen molar-refractivity contribution in [2.45, 2.75) is 19.6 Å². The molecular weight excluding hydrogens is 368 g/mol. The first kappa shape index (κ1) is 17.5. The van der Waals surface area contributed by atoms with Crippen molar-refractivity contribution in [1.82, 2.24) is 15.0 Å². The molecule has 0 N–H and O–H groups in total. The average molecular weight is 388 g/mol. The molecule has 0 fully saturated rings. The maximum Gasteiger partial charge on any atom is 0.298 e. The second kappa shape index (κ2) is 7.43. The number of ether oxygens (including phenoxy) is 2. The minimum atomic E-state index is 0.370. The van der Waals surface area contributed by atoms with E-state index < -0.39 is 0 Å². The first-order valence-corrected chi connectivity index (χ1v) is 9.48. The van der Waals surface area contributed by atoms with Gasteiger partial charge in [0.1, 0.15) is 23.6 Å². The first-order valence-electron chi connectivity index (χ1n) is 9.48. The molecule has 0 bridgehead atoms. The number of rotatable bonds is 5. The maximum atomic E-state index is 5.97. The van der Waals surface area contributed by atoms with E-state index in [1.54, 1.807) is 13.3 Å². The van der Waals surface area contributed by atoms with Crippen LogP contribution < -0.4 is 14.4 Å². The van der Waals surface area contributed by atoms with E-state index in [2.05, 4.69) is 25.9 Å². The van der Waals surface area contributed by atoms with Crippen LogP contribution in [-0.4, -0.2) is 28.6 Å². The summed E-state index contributed by atoms with van der Waals surface area (Å²) in [6.45, 7) is 1.93. The van der Waals surface area contributed by atoms with Gasteiger partial charge in [0.2, 0.25) is 0 Å². The number of hydrogen-bond donors (Lipinski definition) is 0. The lowest BCUT2D eigenvalue weighted by molar-refractivity contribution is 0.301. The van der Waals surface area contributed by atoms with Gasteiger partial charge in [0, 0.05) is 18.8 Å². The number of methoxy groups -OCH3 is 1. The Morgan fingerprint density at radius 3 is 2.90 bits per heavy atom. The largest absolute Gasteiger partial charge is 0.495 e. The smallest absolute Gasteiger partial charge is 0.298 e. The van der Waals surface area contributed by atoms with E-state index in [1.165, 1.54) is 5.56 Å². The normalized spacial score (nSPS) is 13.3. The van der Waals surface area contributed by atoms with Gasteiger partial charge in [0.25, 0.3) is 6.01 Å². The number of oxazole rings is 1. The standard InChI is InChI=1S/C22H20N4O3/c1-27-18-5-4-16(24-12-18)14-28-17-6-7-21-19(11-17)25-22(29-21)26-10-8-15-3-2-9-23-20(15)13-26/h2-7,9,11-12H,8,10,13-14H2,1H3. The van der Waals surface area contributed by atoms with Gasteiger partial charge in [0.15, 0.2) is 5.58 Å². The number of hydrogen-bond acceptors (Lipinski definition) is 7. The third-order valence-electron chi connectivity index (χ3n) is 5.01. The Labute approximate surface area is 167 Å². The summed E-state index contributed by atoms with van der Waals surface area (Å²) in [6, 6.07) is 14.1. The minimum Gasteiger partial charge on any atom is -0.495 e. The summed E-state index contributed by atoms with van der Waals surface area (Å²) in [4.78, 5) is 15.6. The zero-order chi connectivity index (χ0) is 19.6. The van der Waals surface area contributed by atoms with Crippen LogP contribution in [-0.2, 0) is 19.6 Å². The molecule has 1 aliphatic rings. The van der Waals surface area contributed by atoms with E-state index in [-0.39, 0.29) is 0 Å². The number of fused-ring (bicyclic) bond motifs is 2. The molecule has 5 rings (SSSR count). The van der Waals surface area contributed by atoms with E-state index in [9.17, 15) is 0 Å². The fourth-order valence-corrected chi connectivity index (χ4v) is 3.41. The van der Waals surface area contributed by atoms with Gasteiger partial charge in [-0.25, -0.2) is 0 Å². The topological polar surface area (TPSA) is 73.5 Å². The Morgan fingerprint density at radius 2 is 2.03 bits per heavy atom. The molecule has 0 aliphatic carbocycles. The summed E-state index contributed by atoms with van der Waals surface area (Å²) < 4.78 is 17.0. The number of anilines is 1. The molecular formula is C22H20N4O3. The average Bonchev–Trinajstić information content (AvgIpc) is 3.21. The van der Waals surface area contributed by atoms with Crippen molar-refractivity contribution in [1.29, 1.82) is 0 Å². The van der Waals surface area contributed by atoms with E-state index in [1.807, 2.05) is 42.6 Å². The molecule has 1 aromatic carbocycles. The molecule has 4 aromatic rings. The van der Waals surface area contributed by atoms with Crippen molar-refractivity contribution in [2.24, 2.45) is 0 Å². The van der Waals surface area contributed by atoms with Crippen LogP contribution >= 0.6 is 0 Å². The van der Waals surface area contributed by atoms with Crippen molar-refractivity contribution in [2.75, 3.05) is 18.6 Å². The molecule has 0 saturated carbocycles. The van der Waals surface area contributed by atoms with E-state index in [0.29, 0.717) is 19.2 Å². The Balaban J connectivity index is 1.31. The third kappa shape index (κ3) is 3.59. The van der Waals surface area contributed by atoms with Crippen molar-refractivity contribution in [3.05, 3.63) is 71.8 Å². The maximum absolute atomic E-state index is 5.97. The van der Waals surface area contributed by atoms with Crippen molar-refractivity contribution >= 4 is 17.1 Å². The van der Waals surface area contributed by atoms with Crippen molar-refractivity contribution < 1.29 is 13.9 Å². The van der Waals surface area contributed by atoms with Crippen molar-refractivity contribution in [3.8, 4) is 11.5 Å². The summed E-state index contributed by atoms with van der Waals surface area (Å²) in [6.07, 6.45) is 4.44. The molecule has 0 radical (unpaired) electrons. The summed E-state index contributed by atoms with van der Waals surface area (Å²) in [5.74, 6) is 1.45. The molecule has 4 heterocycles. The van der Waals surface area contributed by atoms with Crippen LogP contribution in [0.5, 0.6) is 11.5 Å². The minimum absolute atomic E-state index is 0.370. The predicted octanol–water partition coefficient (Wildman–Crippen LogP) is 3.77. The monoisotopic (exact) mass is 388 g/mol. The molecule has 0 spiro atoms. The molecule has 146 valence electrons. The van der Waals surface area contributed by atoms with Crippen molar-refractivity contribution in [3.63, 3.8) is 0 Å². The molecule has 0 atom stereocenters. The first-order chi connectivity index (χ1) is 14.3. The Hall–Kier alpha value is -3.61. The fourth-order valence-electron chi connectivity index (χ4n) is 3.41. The SMILES string of the molecule is COc1ccc(COc2ccc3oc(N4CCc5cccnc5C4)nc3c2)nc1. The van der Waals surface area contributed by atoms with Crippen LogP contribution in [0.1, 0.15) is 17.0 Å². The second-order valence-corrected chi connectivity index (χ2v) is 6.88. The highest BCUT2D eigenvalue weighted by molar-refractivity contribution is 5.76. The molecule has 7 heteroatoms. The molecule has 1 aliphatic heterocycles. The highest BCUT2D eigenvalue weighted by Crippen LogP contribution is 2.28. The van der Waals surface area contributed by atoms with Crippen LogP contribution in [0.4, 0.5) is 6.01 Å². The quantitative estimate of drug-likeness (QED) is 0.515.